The molecule has 3 rings (SSSR count). The maximum Gasteiger partial charge on any atom is 0.124 e. The number of nitrogens with one attached hydrogen (secondary N) is 2. The first-order valence-electron chi connectivity index (χ1n) is 6.70. The minimum atomic E-state index is -0.218. The standard InChI is InChI=1S/C16H13Cl2N5/c17-13-12-10(7-6-9(15(19)20)11(12)16(21)22)23(18)14(13)8-4-2-1-3-5-8/h1-7H,(H3,19,20)(H3,21,22). The van der Waals surface area contributed by atoms with Crippen molar-refractivity contribution in [3.63, 3.8) is 0 Å². The van der Waals surface area contributed by atoms with Crippen LogP contribution in [0.25, 0.3) is 22.2 Å². The van der Waals surface area contributed by atoms with Crippen molar-refractivity contribution in [3.8, 4) is 11.3 Å². The Labute approximate surface area is 142 Å². The van der Waals surface area contributed by atoms with Gasteiger partial charge in [0.1, 0.15) is 11.7 Å². The second-order valence-electron chi connectivity index (χ2n) is 5.02. The third-order valence-electron chi connectivity index (χ3n) is 3.63. The second-order valence-corrected chi connectivity index (χ2v) is 5.74. The summed E-state index contributed by atoms with van der Waals surface area (Å²) in [5.41, 5.74) is 14.0. The number of benzene rings is 2. The van der Waals surface area contributed by atoms with Crippen molar-refractivity contribution in [2.45, 2.75) is 0 Å². The van der Waals surface area contributed by atoms with E-state index in [1.165, 1.54) is 4.09 Å². The fourth-order valence-electron chi connectivity index (χ4n) is 2.64. The van der Waals surface area contributed by atoms with Crippen LogP contribution in [-0.4, -0.2) is 15.8 Å². The van der Waals surface area contributed by atoms with Crippen molar-refractivity contribution in [1.82, 2.24) is 4.09 Å². The molecule has 0 saturated heterocycles. The molecule has 0 spiro atoms. The zero-order chi connectivity index (χ0) is 16.7. The number of hydrogen-bond acceptors (Lipinski definition) is 2. The summed E-state index contributed by atoms with van der Waals surface area (Å²) in [6.07, 6.45) is 0. The molecule has 23 heavy (non-hydrogen) atoms. The third-order valence-corrected chi connectivity index (χ3v) is 4.34. The highest BCUT2D eigenvalue weighted by Gasteiger charge is 2.23. The van der Waals surface area contributed by atoms with E-state index in [9.17, 15) is 0 Å². The summed E-state index contributed by atoms with van der Waals surface area (Å²) in [6.45, 7) is 0. The Morgan fingerprint density at radius 3 is 2.17 bits per heavy atom. The molecule has 3 aromatic rings. The van der Waals surface area contributed by atoms with E-state index in [0.717, 1.165) is 5.56 Å². The quantitative estimate of drug-likeness (QED) is 0.430. The van der Waals surface area contributed by atoms with Crippen LogP contribution >= 0.6 is 23.4 Å². The molecular weight excluding hydrogens is 333 g/mol. The molecule has 6 N–H and O–H groups in total. The van der Waals surface area contributed by atoms with Crippen LogP contribution in [0.5, 0.6) is 0 Å². The van der Waals surface area contributed by atoms with Crippen LogP contribution in [-0.2, 0) is 0 Å². The van der Waals surface area contributed by atoms with Crippen LogP contribution < -0.4 is 11.5 Å². The summed E-state index contributed by atoms with van der Waals surface area (Å²) in [4.78, 5) is 0. The van der Waals surface area contributed by atoms with E-state index in [-0.39, 0.29) is 11.7 Å². The lowest BCUT2D eigenvalue weighted by molar-refractivity contribution is 1.32. The molecule has 0 aliphatic carbocycles. The van der Waals surface area contributed by atoms with Crippen molar-refractivity contribution < 1.29 is 0 Å². The minimum absolute atomic E-state index is 0.184. The van der Waals surface area contributed by atoms with E-state index in [1.54, 1.807) is 12.1 Å². The summed E-state index contributed by atoms with van der Waals surface area (Å²) >= 11 is 13.0. The van der Waals surface area contributed by atoms with Crippen LogP contribution in [0.3, 0.4) is 0 Å². The molecule has 1 aromatic heterocycles. The molecule has 0 amide bonds. The number of hydrogen-bond donors (Lipinski definition) is 4. The molecule has 0 radical (unpaired) electrons. The summed E-state index contributed by atoms with van der Waals surface area (Å²) < 4.78 is 1.43. The molecule has 0 bridgehead atoms. The average Bonchev–Trinajstić information content (AvgIpc) is 2.78. The van der Waals surface area contributed by atoms with Gasteiger partial charge in [-0.15, -0.1) is 0 Å². The maximum absolute atomic E-state index is 7.85. The van der Waals surface area contributed by atoms with Crippen LogP contribution in [0, 0.1) is 10.8 Å². The van der Waals surface area contributed by atoms with E-state index in [1.807, 2.05) is 30.3 Å². The molecule has 116 valence electrons. The highest BCUT2D eigenvalue weighted by Crippen LogP contribution is 2.40. The molecular formula is C16H13Cl2N5. The molecule has 0 fully saturated rings. The van der Waals surface area contributed by atoms with Gasteiger partial charge in [-0.3, -0.25) is 14.9 Å². The van der Waals surface area contributed by atoms with Gasteiger partial charge in [0.05, 0.1) is 16.2 Å². The Morgan fingerprint density at radius 2 is 1.61 bits per heavy atom. The topological polar surface area (TPSA) is 105 Å². The predicted octanol–water partition coefficient (Wildman–Crippen LogP) is 3.53. The van der Waals surface area contributed by atoms with Gasteiger partial charge in [-0.05, 0) is 12.1 Å². The number of aromatic nitrogens is 1. The molecule has 0 aliphatic rings. The molecule has 7 heteroatoms. The summed E-state index contributed by atoms with van der Waals surface area (Å²) in [7, 11) is 0. The van der Waals surface area contributed by atoms with Crippen LogP contribution in [0.4, 0.5) is 0 Å². The lowest BCUT2D eigenvalue weighted by Gasteiger charge is -2.08. The van der Waals surface area contributed by atoms with Gasteiger partial charge in [-0.25, -0.2) is 0 Å². The average molecular weight is 346 g/mol. The molecule has 5 nitrogen and oxygen atoms in total. The number of nitrogens with two attached hydrogens (primary N) is 2. The largest absolute Gasteiger partial charge is 0.384 e. The van der Waals surface area contributed by atoms with Gasteiger partial charge in [0.25, 0.3) is 0 Å². The molecule has 0 unspecified atom stereocenters. The first kappa shape index (κ1) is 15.4. The van der Waals surface area contributed by atoms with E-state index in [2.05, 4.69) is 0 Å². The van der Waals surface area contributed by atoms with Gasteiger partial charge in [-0.1, -0.05) is 41.9 Å². The fraction of sp³-hybridized carbons (Fsp3) is 0. The van der Waals surface area contributed by atoms with E-state index >= 15 is 0 Å². The molecule has 0 saturated carbocycles. The Bertz CT molecular complexity index is 944. The monoisotopic (exact) mass is 345 g/mol. The van der Waals surface area contributed by atoms with E-state index < -0.39 is 0 Å². The van der Waals surface area contributed by atoms with Gasteiger partial charge < -0.3 is 11.5 Å². The van der Waals surface area contributed by atoms with Crippen LogP contribution in [0.15, 0.2) is 42.5 Å². The van der Waals surface area contributed by atoms with Crippen molar-refractivity contribution in [1.29, 1.82) is 10.8 Å². The highest BCUT2D eigenvalue weighted by molar-refractivity contribution is 6.42. The lowest BCUT2D eigenvalue weighted by Crippen LogP contribution is -2.21. The van der Waals surface area contributed by atoms with Crippen LogP contribution in [0.1, 0.15) is 11.1 Å². The smallest absolute Gasteiger partial charge is 0.124 e. The number of nitrogens with zero attached hydrogens (tertiary/aromatic N) is 1. The SMILES string of the molecule is N=C(N)c1ccc2c(c(Cl)c(-c3ccccc3)n2Cl)c1C(=N)N. The van der Waals surface area contributed by atoms with Gasteiger partial charge >= 0.3 is 0 Å². The Balaban J connectivity index is 2.47. The van der Waals surface area contributed by atoms with Crippen molar-refractivity contribution >= 4 is 46.0 Å². The van der Waals surface area contributed by atoms with Gasteiger partial charge in [0, 0.05) is 33.9 Å². The predicted molar refractivity (Wildman–Crippen MR) is 95.7 cm³/mol. The Kier molecular flexibility index (Phi) is 3.75. The Hall–Kier alpha value is -2.50. The minimum Gasteiger partial charge on any atom is -0.384 e. The highest BCUT2D eigenvalue weighted by atomic mass is 35.5. The zero-order valence-corrected chi connectivity index (χ0v) is 13.4. The third kappa shape index (κ3) is 2.34. The molecule has 2 aromatic carbocycles. The maximum atomic E-state index is 7.85. The Morgan fingerprint density at radius 1 is 0.957 bits per heavy atom. The van der Waals surface area contributed by atoms with E-state index in [0.29, 0.717) is 32.7 Å². The number of nitrogen functional groups attached to an aromatic ring is 2. The zero-order valence-electron chi connectivity index (χ0n) is 11.9. The van der Waals surface area contributed by atoms with E-state index in [4.69, 9.17) is 45.7 Å². The molecule has 0 atom stereocenters. The summed E-state index contributed by atoms with van der Waals surface area (Å²) in [6, 6.07) is 12.8. The van der Waals surface area contributed by atoms with Crippen LogP contribution in [0.2, 0.25) is 5.02 Å². The fourth-order valence-corrected chi connectivity index (χ4v) is 3.39. The van der Waals surface area contributed by atoms with Crippen molar-refractivity contribution in [2.24, 2.45) is 11.5 Å². The van der Waals surface area contributed by atoms with Gasteiger partial charge in [0.2, 0.25) is 0 Å². The van der Waals surface area contributed by atoms with Crippen molar-refractivity contribution in [3.05, 3.63) is 58.6 Å². The number of halogens is 2. The summed E-state index contributed by atoms with van der Waals surface area (Å²) in [5, 5.41) is 16.4. The number of rotatable bonds is 3. The van der Waals surface area contributed by atoms with Gasteiger partial charge in [-0.2, -0.15) is 0 Å². The molecule has 0 aliphatic heterocycles. The summed E-state index contributed by atoms with van der Waals surface area (Å²) in [5.74, 6) is -0.402. The van der Waals surface area contributed by atoms with Gasteiger partial charge in [0.15, 0.2) is 0 Å². The second kappa shape index (κ2) is 5.61. The first-order valence-corrected chi connectivity index (χ1v) is 7.42. The number of fused-ring (bicyclic) bond motifs is 1. The normalized spacial score (nSPS) is 10.9. The lowest BCUT2D eigenvalue weighted by atomic mass is 10.0. The number of amidine groups is 2. The molecule has 1 heterocycles. The first-order chi connectivity index (χ1) is 10.9. The van der Waals surface area contributed by atoms with Crippen molar-refractivity contribution in [2.75, 3.05) is 0 Å².